The van der Waals surface area contributed by atoms with Gasteiger partial charge in [-0.3, -0.25) is 14.5 Å². The molecule has 4 heteroatoms. The van der Waals surface area contributed by atoms with Crippen molar-refractivity contribution in [2.24, 2.45) is 5.41 Å². The molecule has 1 aliphatic carbocycles. The fraction of sp³-hybridized carbons (Fsp3) is 0.769. The third-order valence-electron chi connectivity index (χ3n) is 4.15. The second kappa shape index (κ2) is 4.48. The Hall–Kier alpha value is -1.37. The number of imide groups is 1. The Morgan fingerprint density at radius 1 is 1.41 bits per heavy atom. The van der Waals surface area contributed by atoms with E-state index in [4.69, 9.17) is 5.26 Å². The first-order valence-corrected chi connectivity index (χ1v) is 6.38. The van der Waals surface area contributed by atoms with Crippen LogP contribution in [-0.2, 0) is 9.59 Å². The molecule has 0 aromatic rings. The summed E-state index contributed by atoms with van der Waals surface area (Å²) in [6.07, 6.45) is 5.07. The molecule has 92 valence electrons. The Morgan fingerprint density at radius 2 is 2.06 bits per heavy atom. The molecular weight excluding hydrogens is 216 g/mol. The van der Waals surface area contributed by atoms with E-state index in [1.807, 2.05) is 6.92 Å². The average molecular weight is 234 g/mol. The van der Waals surface area contributed by atoms with Gasteiger partial charge >= 0.3 is 0 Å². The Morgan fingerprint density at radius 3 is 2.59 bits per heavy atom. The van der Waals surface area contributed by atoms with Crippen LogP contribution in [-0.4, -0.2) is 22.8 Å². The third kappa shape index (κ3) is 1.84. The van der Waals surface area contributed by atoms with Gasteiger partial charge in [0.2, 0.25) is 11.8 Å². The zero-order chi connectivity index (χ0) is 12.5. The summed E-state index contributed by atoms with van der Waals surface area (Å²) in [5.74, 6) is -0.0823. The van der Waals surface area contributed by atoms with Crippen LogP contribution in [0.25, 0.3) is 0 Å². The number of hydrogen-bond donors (Lipinski definition) is 0. The van der Waals surface area contributed by atoms with Gasteiger partial charge in [0.05, 0.1) is 23.9 Å². The molecule has 1 unspecified atom stereocenters. The largest absolute Gasteiger partial charge is 0.278 e. The first-order chi connectivity index (χ1) is 8.14. The maximum absolute atomic E-state index is 12.4. The highest BCUT2D eigenvalue weighted by atomic mass is 16.2. The van der Waals surface area contributed by atoms with Crippen molar-refractivity contribution in [3.8, 4) is 6.07 Å². The molecule has 0 aromatic heterocycles. The van der Waals surface area contributed by atoms with Gasteiger partial charge in [-0.2, -0.15) is 5.26 Å². The molecule has 1 spiro atoms. The number of amides is 2. The predicted octanol–water partition coefficient (Wildman–Crippen LogP) is 2.00. The van der Waals surface area contributed by atoms with Gasteiger partial charge in [-0.25, -0.2) is 0 Å². The van der Waals surface area contributed by atoms with Gasteiger partial charge in [-0.1, -0.05) is 19.8 Å². The second-order valence-electron chi connectivity index (χ2n) is 5.16. The molecule has 1 saturated heterocycles. The third-order valence-corrected chi connectivity index (χ3v) is 4.15. The van der Waals surface area contributed by atoms with E-state index in [9.17, 15) is 9.59 Å². The first-order valence-electron chi connectivity index (χ1n) is 6.38. The van der Waals surface area contributed by atoms with Gasteiger partial charge in [-0.05, 0) is 19.3 Å². The van der Waals surface area contributed by atoms with Crippen molar-refractivity contribution in [3.63, 3.8) is 0 Å². The standard InChI is InChI=1S/C13H18N2O2/c1-2-10(5-8-14)15-11(16)9-13(12(15)17)6-3-4-7-13/h10H,2-7,9H2,1H3. The van der Waals surface area contributed by atoms with E-state index >= 15 is 0 Å². The first kappa shape index (κ1) is 12.1. The van der Waals surface area contributed by atoms with Crippen LogP contribution < -0.4 is 0 Å². The van der Waals surface area contributed by atoms with E-state index < -0.39 is 5.41 Å². The van der Waals surface area contributed by atoms with Crippen LogP contribution in [0.1, 0.15) is 51.9 Å². The lowest BCUT2D eigenvalue weighted by Crippen LogP contribution is -2.41. The van der Waals surface area contributed by atoms with Crippen molar-refractivity contribution in [2.45, 2.75) is 57.9 Å². The SMILES string of the molecule is CCC(CC#N)N1C(=O)CC2(CCCC2)C1=O. The fourth-order valence-corrected chi connectivity index (χ4v) is 3.15. The second-order valence-corrected chi connectivity index (χ2v) is 5.16. The van der Waals surface area contributed by atoms with Gasteiger partial charge in [0, 0.05) is 6.42 Å². The van der Waals surface area contributed by atoms with E-state index in [1.54, 1.807) is 0 Å². The Labute approximate surface area is 102 Å². The molecule has 17 heavy (non-hydrogen) atoms. The van der Waals surface area contributed by atoms with E-state index in [0.29, 0.717) is 12.8 Å². The lowest BCUT2D eigenvalue weighted by molar-refractivity contribution is -0.144. The molecule has 1 saturated carbocycles. The molecule has 2 aliphatic rings. The number of carbonyl (C=O) groups excluding carboxylic acids is 2. The van der Waals surface area contributed by atoms with Crippen molar-refractivity contribution in [1.82, 2.24) is 4.90 Å². The van der Waals surface area contributed by atoms with Crippen LogP contribution in [0.5, 0.6) is 0 Å². The number of nitriles is 1. The quantitative estimate of drug-likeness (QED) is 0.702. The monoisotopic (exact) mass is 234 g/mol. The Bertz CT molecular complexity index is 377. The molecule has 1 heterocycles. The molecule has 1 atom stereocenters. The molecule has 2 fully saturated rings. The Kier molecular flexibility index (Phi) is 3.19. The van der Waals surface area contributed by atoms with Gasteiger partial charge < -0.3 is 0 Å². The number of rotatable bonds is 3. The van der Waals surface area contributed by atoms with Crippen molar-refractivity contribution < 1.29 is 9.59 Å². The summed E-state index contributed by atoms with van der Waals surface area (Å²) in [6.45, 7) is 1.92. The van der Waals surface area contributed by atoms with Gasteiger partial charge in [0.15, 0.2) is 0 Å². The average Bonchev–Trinajstić information content (AvgIpc) is 2.85. The van der Waals surface area contributed by atoms with Crippen LogP contribution in [0.2, 0.25) is 0 Å². The Balaban J connectivity index is 2.22. The fourth-order valence-electron chi connectivity index (χ4n) is 3.15. The summed E-state index contributed by atoms with van der Waals surface area (Å²) < 4.78 is 0. The lowest BCUT2D eigenvalue weighted by atomic mass is 9.84. The molecule has 0 bridgehead atoms. The highest BCUT2D eigenvalue weighted by Crippen LogP contribution is 2.47. The summed E-state index contributed by atoms with van der Waals surface area (Å²) in [5.41, 5.74) is -0.403. The van der Waals surface area contributed by atoms with Crippen molar-refractivity contribution in [1.29, 1.82) is 5.26 Å². The summed E-state index contributed by atoms with van der Waals surface area (Å²) >= 11 is 0. The van der Waals surface area contributed by atoms with Crippen LogP contribution in [0, 0.1) is 16.7 Å². The van der Waals surface area contributed by atoms with Crippen LogP contribution in [0.3, 0.4) is 0 Å². The number of nitrogens with zero attached hydrogens (tertiary/aromatic N) is 2. The van der Waals surface area contributed by atoms with Crippen molar-refractivity contribution >= 4 is 11.8 Å². The maximum atomic E-state index is 12.4. The van der Waals surface area contributed by atoms with Gasteiger partial charge in [-0.15, -0.1) is 0 Å². The minimum absolute atomic E-state index is 0.0119. The smallest absolute Gasteiger partial charge is 0.236 e. The zero-order valence-electron chi connectivity index (χ0n) is 10.2. The zero-order valence-corrected chi connectivity index (χ0v) is 10.2. The lowest BCUT2D eigenvalue weighted by Gasteiger charge is -2.26. The van der Waals surface area contributed by atoms with Crippen molar-refractivity contribution in [2.75, 3.05) is 0 Å². The van der Waals surface area contributed by atoms with E-state index in [2.05, 4.69) is 6.07 Å². The van der Waals surface area contributed by atoms with Gasteiger partial charge in [0.1, 0.15) is 0 Å². The molecular formula is C13H18N2O2. The molecule has 4 nitrogen and oxygen atoms in total. The summed E-state index contributed by atoms with van der Waals surface area (Å²) in [5, 5.41) is 8.76. The summed E-state index contributed by atoms with van der Waals surface area (Å²) in [6, 6.07) is 1.85. The molecule has 2 amide bonds. The highest BCUT2D eigenvalue weighted by Gasteiger charge is 2.53. The topological polar surface area (TPSA) is 61.2 Å². The van der Waals surface area contributed by atoms with Crippen molar-refractivity contribution in [3.05, 3.63) is 0 Å². The molecule has 1 aliphatic heterocycles. The minimum Gasteiger partial charge on any atom is -0.278 e. The maximum Gasteiger partial charge on any atom is 0.236 e. The van der Waals surface area contributed by atoms with Crippen LogP contribution in [0.15, 0.2) is 0 Å². The molecule has 0 aromatic carbocycles. The van der Waals surface area contributed by atoms with E-state index in [-0.39, 0.29) is 24.3 Å². The van der Waals surface area contributed by atoms with Gasteiger partial charge in [0.25, 0.3) is 0 Å². The van der Waals surface area contributed by atoms with Crippen LogP contribution >= 0.6 is 0 Å². The number of carbonyl (C=O) groups is 2. The minimum atomic E-state index is -0.403. The molecule has 2 rings (SSSR count). The number of likely N-dealkylation sites (tertiary alicyclic amines) is 1. The number of hydrogen-bond acceptors (Lipinski definition) is 3. The van der Waals surface area contributed by atoms with E-state index in [1.165, 1.54) is 4.90 Å². The van der Waals surface area contributed by atoms with E-state index in [0.717, 1.165) is 25.7 Å². The molecule has 0 radical (unpaired) electrons. The predicted molar refractivity (Wildman–Crippen MR) is 61.7 cm³/mol. The summed E-state index contributed by atoms with van der Waals surface area (Å²) in [7, 11) is 0. The molecule has 0 N–H and O–H groups in total. The van der Waals surface area contributed by atoms with Crippen LogP contribution in [0.4, 0.5) is 0 Å². The normalized spacial score (nSPS) is 24.4. The summed E-state index contributed by atoms with van der Waals surface area (Å²) in [4.78, 5) is 25.8. The highest BCUT2D eigenvalue weighted by molar-refractivity contribution is 6.06.